The lowest BCUT2D eigenvalue weighted by Gasteiger charge is -2.11. The summed E-state index contributed by atoms with van der Waals surface area (Å²) in [6, 6.07) is -0.0172. The molecule has 2 N–H and O–H groups in total. The van der Waals surface area contributed by atoms with Crippen molar-refractivity contribution < 1.29 is 9.53 Å². The lowest BCUT2D eigenvalue weighted by molar-refractivity contribution is -0.141. The zero-order chi connectivity index (χ0) is 6.85. The van der Waals surface area contributed by atoms with E-state index >= 15 is 0 Å². The van der Waals surface area contributed by atoms with Crippen molar-refractivity contribution in [2.45, 2.75) is 31.9 Å². The number of ether oxygens (including phenoxy) is 1. The molecular formula is C6H11NO2. The first-order valence-corrected chi connectivity index (χ1v) is 3.15. The van der Waals surface area contributed by atoms with Crippen LogP contribution in [0, 0.1) is 0 Å². The van der Waals surface area contributed by atoms with E-state index in [1.165, 1.54) is 0 Å². The predicted molar refractivity (Wildman–Crippen MR) is 32.8 cm³/mol. The van der Waals surface area contributed by atoms with Gasteiger partial charge in [0, 0.05) is 12.5 Å². The van der Waals surface area contributed by atoms with Gasteiger partial charge in [0.25, 0.3) is 0 Å². The highest BCUT2D eigenvalue weighted by Crippen LogP contribution is 2.15. The van der Waals surface area contributed by atoms with Gasteiger partial charge in [0.1, 0.15) is 6.10 Å². The first-order valence-electron chi connectivity index (χ1n) is 3.15. The van der Waals surface area contributed by atoms with Crippen molar-refractivity contribution in [3.63, 3.8) is 0 Å². The van der Waals surface area contributed by atoms with Crippen molar-refractivity contribution in [3.05, 3.63) is 0 Å². The molecule has 0 aliphatic carbocycles. The second-order valence-electron chi connectivity index (χ2n) is 2.43. The van der Waals surface area contributed by atoms with Gasteiger partial charge in [-0.15, -0.1) is 0 Å². The monoisotopic (exact) mass is 129 g/mol. The SMILES string of the molecule is CC(N)C1CCC(=O)O1. The van der Waals surface area contributed by atoms with E-state index in [4.69, 9.17) is 10.5 Å². The molecule has 0 aromatic heterocycles. The van der Waals surface area contributed by atoms with E-state index in [1.54, 1.807) is 0 Å². The third-order valence-electron chi connectivity index (χ3n) is 1.50. The molecule has 1 saturated heterocycles. The van der Waals surface area contributed by atoms with Crippen LogP contribution >= 0.6 is 0 Å². The molecule has 0 radical (unpaired) electrons. The van der Waals surface area contributed by atoms with E-state index < -0.39 is 0 Å². The summed E-state index contributed by atoms with van der Waals surface area (Å²) in [5.74, 6) is -0.114. The van der Waals surface area contributed by atoms with Crippen LogP contribution in [-0.4, -0.2) is 18.1 Å². The van der Waals surface area contributed by atoms with Crippen LogP contribution in [0.4, 0.5) is 0 Å². The summed E-state index contributed by atoms with van der Waals surface area (Å²) >= 11 is 0. The summed E-state index contributed by atoms with van der Waals surface area (Å²) in [5, 5.41) is 0. The molecular weight excluding hydrogens is 118 g/mol. The van der Waals surface area contributed by atoms with Gasteiger partial charge in [-0.05, 0) is 13.3 Å². The average Bonchev–Trinajstić information content (AvgIpc) is 2.14. The highest BCUT2D eigenvalue weighted by atomic mass is 16.5. The van der Waals surface area contributed by atoms with Gasteiger partial charge >= 0.3 is 5.97 Å². The van der Waals surface area contributed by atoms with Crippen LogP contribution in [0.3, 0.4) is 0 Å². The minimum absolute atomic E-state index is 0.0172. The Hall–Kier alpha value is -0.570. The molecule has 52 valence electrons. The van der Waals surface area contributed by atoms with Gasteiger partial charge in [-0.25, -0.2) is 0 Å². The molecule has 2 atom stereocenters. The molecule has 0 saturated carbocycles. The Morgan fingerprint density at radius 3 is 2.78 bits per heavy atom. The molecule has 1 aliphatic heterocycles. The molecule has 0 aromatic rings. The minimum atomic E-state index is -0.114. The Balaban J connectivity index is 2.39. The van der Waals surface area contributed by atoms with Crippen molar-refractivity contribution in [2.75, 3.05) is 0 Å². The normalized spacial score (nSPS) is 30.0. The fourth-order valence-electron chi connectivity index (χ4n) is 0.917. The summed E-state index contributed by atoms with van der Waals surface area (Å²) in [6.45, 7) is 1.85. The molecule has 1 aliphatic rings. The predicted octanol–water partition coefficient (Wildman–Crippen LogP) is 0.0392. The van der Waals surface area contributed by atoms with E-state index in [-0.39, 0.29) is 18.1 Å². The van der Waals surface area contributed by atoms with Crippen LogP contribution in [0.2, 0.25) is 0 Å². The second-order valence-corrected chi connectivity index (χ2v) is 2.43. The van der Waals surface area contributed by atoms with Crippen molar-refractivity contribution in [2.24, 2.45) is 5.73 Å². The summed E-state index contributed by atoms with van der Waals surface area (Å²) in [6.07, 6.45) is 1.29. The third kappa shape index (κ3) is 1.42. The van der Waals surface area contributed by atoms with E-state index in [0.29, 0.717) is 6.42 Å². The molecule has 9 heavy (non-hydrogen) atoms. The molecule has 0 aromatic carbocycles. The summed E-state index contributed by atoms with van der Waals surface area (Å²) in [4.78, 5) is 10.5. The Labute approximate surface area is 54.2 Å². The molecule has 1 heterocycles. The molecule has 0 bridgehead atoms. The molecule has 2 unspecified atom stereocenters. The second kappa shape index (κ2) is 2.35. The van der Waals surface area contributed by atoms with E-state index in [0.717, 1.165) is 6.42 Å². The number of cyclic esters (lactones) is 1. The van der Waals surface area contributed by atoms with Crippen molar-refractivity contribution in [1.29, 1.82) is 0 Å². The number of nitrogens with two attached hydrogens (primary N) is 1. The number of esters is 1. The van der Waals surface area contributed by atoms with Gasteiger partial charge < -0.3 is 10.5 Å². The Morgan fingerprint density at radius 2 is 2.56 bits per heavy atom. The Bertz CT molecular complexity index is 122. The molecule has 3 heteroatoms. The highest BCUT2D eigenvalue weighted by molar-refractivity contribution is 5.71. The lowest BCUT2D eigenvalue weighted by atomic mass is 10.1. The largest absolute Gasteiger partial charge is 0.461 e. The van der Waals surface area contributed by atoms with E-state index in [2.05, 4.69) is 0 Å². The Morgan fingerprint density at radius 1 is 1.89 bits per heavy atom. The van der Waals surface area contributed by atoms with E-state index in [1.807, 2.05) is 6.92 Å². The number of hydrogen-bond donors (Lipinski definition) is 1. The number of carbonyl (C=O) groups excluding carboxylic acids is 1. The van der Waals surface area contributed by atoms with Gasteiger partial charge in [0.15, 0.2) is 0 Å². The zero-order valence-corrected chi connectivity index (χ0v) is 5.46. The van der Waals surface area contributed by atoms with Crippen LogP contribution < -0.4 is 5.73 Å². The van der Waals surface area contributed by atoms with Crippen LogP contribution in [0.1, 0.15) is 19.8 Å². The van der Waals surface area contributed by atoms with Gasteiger partial charge in [0.05, 0.1) is 0 Å². The molecule has 1 fully saturated rings. The van der Waals surface area contributed by atoms with E-state index in [9.17, 15) is 4.79 Å². The summed E-state index contributed by atoms with van der Waals surface area (Å²) < 4.78 is 4.86. The van der Waals surface area contributed by atoms with Crippen molar-refractivity contribution >= 4 is 5.97 Å². The zero-order valence-electron chi connectivity index (χ0n) is 5.46. The highest BCUT2D eigenvalue weighted by Gasteiger charge is 2.25. The van der Waals surface area contributed by atoms with Crippen molar-refractivity contribution in [3.8, 4) is 0 Å². The lowest BCUT2D eigenvalue weighted by Crippen LogP contribution is -2.30. The maximum atomic E-state index is 10.5. The summed E-state index contributed by atoms with van der Waals surface area (Å²) in [5.41, 5.74) is 5.48. The maximum absolute atomic E-state index is 10.5. The fourth-order valence-corrected chi connectivity index (χ4v) is 0.917. The quantitative estimate of drug-likeness (QED) is 0.508. The maximum Gasteiger partial charge on any atom is 0.306 e. The first-order chi connectivity index (χ1) is 4.20. The van der Waals surface area contributed by atoms with Crippen LogP contribution in [0.15, 0.2) is 0 Å². The Kier molecular flexibility index (Phi) is 1.71. The van der Waals surface area contributed by atoms with Gasteiger partial charge in [-0.3, -0.25) is 4.79 Å². The molecule has 0 spiro atoms. The van der Waals surface area contributed by atoms with Gasteiger partial charge in [-0.2, -0.15) is 0 Å². The number of carbonyl (C=O) groups is 1. The molecule has 1 rings (SSSR count). The fraction of sp³-hybridized carbons (Fsp3) is 0.833. The van der Waals surface area contributed by atoms with Crippen LogP contribution in [-0.2, 0) is 9.53 Å². The molecule has 0 amide bonds. The number of hydrogen-bond acceptors (Lipinski definition) is 3. The first kappa shape index (κ1) is 6.55. The van der Waals surface area contributed by atoms with Gasteiger partial charge in [0.2, 0.25) is 0 Å². The topological polar surface area (TPSA) is 52.3 Å². The average molecular weight is 129 g/mol. The smallest absolute Gasteiger partial charge is 0.306 e. The van der Waals surface area contributed by atoms with Gasteiger partial charge in [-0.1, -0.05) is 0 Å². The van der Waals surface area contributed by atoms with Crippen LogP contribution in [0.25, 0.3) is 0 Å². The van der Waals surface area contributed by atoms with Crippen molar-refractivity contribution in [1.82, 2.24) is 0 Å². The van der Waals surface area contributed by atoms with Crippen LogP contribution in [0.5, 0.6) is 0 Å². The summed E-state index contributed by atoms with van der Waals surface area (Å²) in [7, 11) is 0. The minimum Gasteiger partial charge on any atom is -0.461 e. The third-order valence-corrected chi connectivity index (χ3v) is 1.50. The number of rotatable bonds is 1. The standard InChI is InChI=1S/C6H11NO2/c1-4(7)5-2-3-6(8)9-5/h4-5H,2-3,7H2,1H3. The molecule has 3 nitrogen and oxygen atoms in total.